The van der Waals surface area contributed by atoms with Gasteiger partial charge in [-0.3, -0.25) is 9.69 Å². The minimum absolute atomic E-state index is 0.126. The third kappa shape index (κ3) is 4.97. The van der Waals surface area contributed by atoms with Crippen LogP contribution in [0.15, 0.2) is 24.3 Å². The zero-order valence-electron chi connectivity index (χ0n) is 16.3. The maximum atomic E-state index is 12.8. The van der Waals surface area contributed by atoms with Gasteiger partial charge in [-0.15, -0.1) is 0 Å². The lowest BCUT2D eigenvalue weighted by Gasteiger charge is -2.35. The maximum absolute atomic E-state index is 12.8. The van der Waals surface area contributed by atoms with Crippen molar-refractivity contribution in [3.8, 4) is 0 Å². The fraction of sp³-hybridized carbons (Fsp3) is 0.600. The Labute approximate surface area is 156 Å². The first-order chi connectivity index (χ1) is 12.2. The molecule has 0 saturated carbocycles. The second-order valence-corrected chi connectivity index (χ2v) is 8.04. The van der Waals surface area contributed by atoms with Gasteiger partial charge in [0, 0.05) is 19.6 Å². The topological polar surface area (TPSA) is 84.7 Å². The van der Waals surface area contributed by atoms with Crippen LogP contribution in [0, 0.1) is 0 Å². The molecule has 2 amide bonds. The van der Waals surface area contributed by atoms with E-state index in [1.165, 1.54) is 0 Å². The summed E-state index contributed by atoms with van der Waals surface area (Å²) in [7, 11) is 0. The largest absolute Gasteiger partial charge is 0.444 e. The van der Waals surface area contributed by atoms with Gasteiger partial charge in [0.05, 0.1) is 0 Å². The highest BCUT2D eigenvalue weighted by atomic mass is 16.6. The van der Waals surface area contributed by atoms with Crippen LogP contribution in [-0.4, -0.2) is 41.1 Å². The number of nitrogens with zero attached hydrogens (tertiary/aromatic N) is 1. The lowest BCUT2D eigenvalue weighted by Crippen LogP contribution is -2.56. The molecule has 6 heteroatoms. The van der Waals surface area contributed by atoms with Crippen LogP contribution >= 0.6 is 0 Å². The van der Waals surface area contributed by atoms with Crippen molar-refractivity contribution in [2.75, 3.05) is 13.1 Å². The van der Waals surface area contributed by atoms with Crippen LogP contribution in [0.1, 0.15) is 51.7 Å². The molecule has 6 nitrogen and oxygen atoms in total. The molecule has 1 aliphatic rings. The first-order valence-corrected chi connectivity index (χ1v) is 9.22. The summed E-state index contributed by atoms with van der Waals surface area (Å²) in [4.78, 5) is 26.8. The normalized spacial score (nSPS) is 20.1. The number of hydrogen-bond acceptors (Lipinski definition) is 4. The number of likely N-dealkylation sites (tertiary alicyclic amines) is 1. The molecule has 0 aromatic heterocycles. The van der Waals surface area contributed by atoms with E-state index >= 15 is 0 Å². The average Bonchev–Trinajstić information content (AvgIpc) is 2.97. The van der Waals surface area contributed by atoms with Crippen molar-refractivity contribution in [3.05, 3.63) is 35.4 Å². The number of hydrogen-bond donors (Lipinski definition) is 2. The van der Waals surface area contributed by atoms with Crippen LogP contribution in [0.25, 0.3) is 0 Å². The van der Waals surface area contributed by atoms with Crippen LogP contribution in [0.4, 0.5) is 4.79 Å². The van der Waals surface area contributed by atoms with Crippen molar-refractivity contribution >= 4 is 12.0 Å². The van der Waals surface area contributed by atoms with Gasteiger partial charge in [0.25, 0.3) is 0 Å². The van der Waals surface area contributed by atoms with Crippen LogP contribution in [0.3, 0.4) is 0 Å². The molecule has 1 atom stereocenters. The molecule has 2 rings (SSSR count). The van der Waals surface area contributed by atoms with Gasteiger partial charge in [-0.1, -0.05) is 24.3 Å². The number of carbonyl (C=O) groups is 2. The van der Waals surface area contributed by atoms with Gasteiger partial charge in [0.15, 0.2) is 0 Å². The minimum Gasteiger partial charge on any atom is -0.444 e. The van der Waals surface area contributed by atoms with E-state index in [9.17, 15) is 9.59 Å². The molecule has 0 spiro atoms. The molecule has 26 heavy (non-hydrogen) atoms. The van der Waals surface area contributed by atoms with E-state index in [2.05, 4.69) is 5.32 Å². The molecule has 3 N–H and O–H groups in total. The summed E-state index contributed by atoms with van der Waals surface area (Å²) in [5.74, 6) is -0.126. The van der Waals surface area contributed by atoms with Crippen molar-refractivity contribution in [2.45, 2.75) is 64.6 Å². The molecule has 1 aromatic carbocycles. The highest BCUT2D eigenvalue weighted by Crippen LogP contribution is 2.30. The number of benzene rings is 1. The molecular formula is C20H31N3O3. The Bertz CT molecular complexity index is 637. The molecular weight excluding hydrogens is 330 g/mol. The second kappa shape index (κ2) is 8.08. The number of nitrogens with two attached hydrogens (primary N) is 1. The van der Waals surface area contributed by atoms with Crippen molar-refractivity contribution in [1.82, 2.24) is 10.2 Å². The van der Waals surface area contributed by atoms with Gasteiger partial charge in [-0.05, 0) is 58.1 Å². The highest BCUT2D eigenvalue weighted by molar-refractivity contribution is 5.90. The fourth-order valence-electron chi connectivity index (χ4n) is 3.16. The quantitative estimate of drug-likeness (QED) is 0.844. The highest BCUT2D eigenvalue weighted by Gasteiger charge is 2.47. The molecule has 1 aromatic rings. The lowest BCUT2D eigenvalue weighted by molar-refractivity contribution is -0.130. The summed E-state index contributed by atoms with van der Waals surface area (Å²) in [6, 6.07) is 8.05. The first-order valence-electron chi connectivity index (χ1n) is 9.22. The predicted octanol–water partition coefficient (Wildman–Crippen LogP) is 2.59. The molecule has 1 aliphatic heterocycles. The fourth-order valence-corrected chi connectivity index (χ4v) is 3.16. The average molecular weight is 361 g/mol. The van der Waals surface area contributed by atoms with Crippen LogP contribution in [-0.2, 0) is 22.5 Å². The lowest BCUT2D eigenvalue weighted by atomic mass is 9.97. The van der Waals surface area contributed by atoms with E-state index in [4.69, 9.17) is 10.5 Å². The van der Waals surface area contributed by atoms with Gasteiger partial charge in [-0.2, -0.15) is 0 Å². The van der Waals surface area contributed by atoms with E-state index in [-0.39, 0.29) is 5.91 Å². The van der Waals surface area contributed by atoms with Gasteiger partial charge < -0.3 is 15.8 Å². The zero-order valence-corrected chi connectivity index (χ0v) is 16.3. The first kappa shape index (κ1) is 20.2. The Morgan fingerprint density at radius 1 is 1.23 bits per heavy atom. The third-order valence-electron chi connectivity index (χ3n) is 4.70. The summed E-state index contributed by atoms with van der Waals surface area (Å²) in [6.07, 6.45) is 1.75. The molecule has 0 aliphatic carbocycles. The number of nitrogens with one attached hydrogen (secondary N) is 1. The summed E-state index contributed by atoms with van der Waals surface area (Å²) in [5, 5.41) is 2.98. The van der Waals surface area contributed by atoms with Crippen molar-refractivity contribution in [3.63, 3.8) is 0 Å². The molecule has 1 fully saturated rings. The maximum Gasteiger partial charge on any atom is 0.411 e. The summed E-state index contributed by atoms with van der Waals surface area (Å²) < 4.78 is 5.46. The SMILES string of the molecule is CC(C)(C)OC(=O)N1CCC[C@@]1(C)C(=O)NCCc1ccc(CN)cc1. The van der Waals surface area contributed by atoms with E-state index in [1.807, 2.05) is 52.0 Å². The summed E-state index contributed by atoms with van der Waals surface area (Å²) >= 11 is 0. The Morgan fingerprint density at radius 3 is 2.42 bits per heavy atom. The molecule has 1 heterocycles. The van der Waals surface area contributed by atoms with Gasteiger partial charge in [0.1, 0.15) is 11.1 Å². The molecule has 0 radical (unpaired) electrons. The van der Waals surface area contributed by atoms with E-state index in [0.717, 1.165) is 24.0 Å². The number of carbonyl (C=O) groups excluding carboxylic acids is 2. The summed E-state index contributed by atoms with van der Waals surface area (Å²) in [6.45, 7) is 8.89. The minimum atomic E-state index is -0.855. The predicted molar refractivity (Wildman–Crippen MR) is 102 cm³/mol. The smallest absolute Gasteiger partial charge is 0.411 e. The van der Waals surface area contributed by atoms with Crippen LogP contribution < -0.4 is 11.1 Å². The van der Waals surface area contributed by atoms with Gasteiger partial charge in [0.2, 0.25) is 5.91 Å². The number of amides is 2. The Kier molecular flexibility index (Phi) is 6.29. The van der Waals surface area contributed by atoms with Crippen LogP contribution in [0.2, 0.25) is 0 Å². The Hall–Kier alpha value is -2.08. The molecule has 1 saturated heterocycles. The van der Waals surface area contributed by atoms with Gasteiger partial charge >= 0.3 is 6.09 Å². The summed E-state index contributed by atoms with van der Waals surface area (Å²) in [5.41, 5.74) is 6.40. The third-order valence-corrected chi connectivity index (χ3v) is 4.70. The monoisotopic (exact) mass is 361 g/mol. The Balaban J connectivity index is 1.92. The molecule has 0 bridgehead atoms. The second-order valence-electron chi connectivity index (χ2n) is 8.04. The molecule has 0 unspecified atom stereocenters. The number of rotatable bonds is 5. The van der Waals surface area contributed by atoms with Crippen molar-refractivity contribution < 1.29 is 14.3 Å². The molecule has 144 valence electrons. The van der Waals surface area contributed by atoms with E-state index in [1.54, 1.807) is 4.90 Å². The Morgan fingerprint density at radius 2 is 1.85 bits per heavy atom. The van der Waals surface area contributed by atoms with E-state index in [0.29, 0.717) is 26.1 Å². The van der Waals surface area contributed by atoms with E-state index < -0.39 is 17.2 Å². The van der Waals surface area contributed by atoms with Crippen molar-refractivity contribution in [2.24, 2.45) is 5.73 Å². The van der Waals surface area contributed by atoms with Crippen LogP contribution in [0.5, 0.6) is 0 Å². The zero-order chi connectivity index (χ0) is 19.4. The number of ether oxygens (including phenoxy) is 1. The standard InChI is InChI=1S/C20H31N3O3/c1-19(2,3)26-18(25)23-13-5-11-20(23,4)17(24)22-12-10-15-6-8-16(14-21)9-7-15/h6-9H,5,10-14,21H2,1-4H3,(H,22,24)/t20-/m0/s1. The van der Waals surface area contributed by atoms with Gasteiger partial charge in [-0.25, -0.2) is 4.79 Å². The van der Waals surface area contributed by atoms with Crippen molar-refractivity contribution in [1.29, 1.82) is 0 Å².